The molecule has 0 saturated carbocycles. The molecule has 0 aliphatic rings. The highest BCUT2D eigenvalue weighted by molar-refractivity contribution is 5.57. The van der Waals surface area contributed by atoms with E-state index in [4.69, 9.17) is 4.74 Å². The SMILES string of the molecule is Cc1cnc(-c2cccc(OCc3c(C)cccc3-n3nnn(C)c3=O)c2)nc1. The third kappa shape index (κ3) is 3.77. The zero-order valence-electron chi connectivity index (χ0n) is 16.4. The molecule has 2 aromatic carbocycles. The van der Waals surface area contributed by atoms with Gasteiger partial charge in [-0.2, -0.15) is 9.36 Å². The Morgan fingerprint density at radius 1 is 1.00 bits per heavy atom. The molecule has 0 spiro atoms. The van der Waals surface area contributed by atoms with Crippen LogP contribution in [0.4, 0.5) is 0 Å². The van der Waals surface area contributed by atoms with Gasteiger partial charge in [0.15, 0.2) is 5.82 Å². The van der Waals surface area contributed by atoms with Crippen LogP contribution < -0.4 is 10.4 Å². The highest BCUT2D eigenvalue weighted by atomic mass is 16.5. The zero-order valence-corrected chi connectivity index (χ0v) is 16.4. The van der Waals surface area contributed by atoms with E-state index < -0.39 is 0 Å². The molecule has 4 aromatic rings. The van der Waals surface area contributed by atoms with Gasteiger partial charge in [-0.05, 0) is 53.6 Å². The second-order valence-corrected chi connectivity index (χ2v) is 6.77. The maximum Gasteiger partial charge on any atom is 0.368 e. The van der Waals surface area contributed by atoms with Crippen LogP contribution in [0, 0.1) is 13.8 Å². The van der Waals surface area contributed by atoms with Crippen LogP contribution in [0.15, 0.2) is 59.7 Å². The summed E-state index contributed by atoms with van der Waals surface area (Å²) in [5, 5.41) is 7.74. The van der Waals surface area contributed by atoms with Crippen molar-refractivity contribution in [2.75, 3.05) is 0 Å². The quantitative estimate of drug-likeness (QED) is 0.522. The van der Waals surface area contributed by atoms with E-state index >= 15 is 0 Å². The molecule has 8 nitrogen and oxygen atoms in total. The molecule has 0 bridgehead atoms. The summed E-state index contributed by atoms with van der Waals surface area (Å²) in [6.45, 7) is 4.20. The van der Waals surface area contributed by atoms with E-state index in [-0.39, 0.29) is 12.3 Å². The molecule has 0 saturated heterocycles. The number of hydrogen-bond acceptors (Lipinski definition) is 6. The predicted octanol–water partition coefficient (Wildman–Crippen LogP) is 2.62. The Morgan fingerprint density at radius 3 is 2.48 bits per heavy atom. The van der Waals surface area contributed by atoms with Gasteiger partial charge in [0, 0.05) is 30.6 Å². The Bertz CT molecular complexity index is 1210. The third-order valence-electron chi connectivity index (χ3n) is 4.59. The number of rotatable bonds is 5. The van der Waals surface area contributed by atoms with Crippen LogP contribution in [0.3, 0.4) is 0 Å². The summed E-state index contributed by atoms with van der Waals surface area (Å²) in [4.78, 5) is 21.0. The van der Waals surface area contributed by atoms with Gasteiger partial charge in [-0.15, -0.1) is 0 Å². The third-order valence-corrected chi connectivity index (χ3v) is 4.59. The van der Waals surface area contributed by atoms with Crippen molar-refractivity contribution in [2.45, 2.75) is 20.5 Å². The number of aryl methyl sites for hydroxylation is 3. The lowest BCUT2D eigenvalue weighted by molar-refractivity contribution is 0.305. The zero-order chi connectivity index (χ0) is 20.4. The minimum atomic E-state index is -0.310. The normalized spacial score (nSPS) is 10.9. The van der Waals surface area contributed by atoms with Crippen molar-refractivity contribution in [1.29, 1.82) is 0 Å². The maximum absolute atomic E-state index is 12.3. The van der Waals surface area contributed by atoms with Crippen LogP contribution in [-0.2, 0) is 13.7 Å². The molecular weight excluding hydrogens is 368 g/mol. The molecule has 8 heteroatoms. The fraction of sp³-hybridized carbons (Fsp3) is 0.190. The number of tetrazole rings is 1. The first kappa shape index (κ1) is 18.5. The monoisotopic (exact) mass is 388 g/mol. The molecule has 0 amide bonds. The number of nitrogens with zero attached hydrogens (tertiary/aromatic N) is 6. The van der Waals surface area contributed by atoms with Gasteiger partial charge in [0.2, 0.25) is 0 Å². The van der Waals surface area contributed by atoms with Gasteiger partial charge in [0.1, 0.15) is 12.4 Å². The summed E-state index contributed by atoms with van der Waals surface area (Å²) in [7, 11) is 1.57. The fourth-order valence-electron chi connectivity index (χ4n) is 2.96. The van der Waals surface area contributed by atoms with Gasteiger partial charge in [0.25, 0.3) is 0 Å². The molecule has 0 unspecified atom stereocenters. The number of hydrogen-bond donors (Lipinski definition) is 0. The second-order valence-electron chi connectivity index (χ2n) is 6.77. The molecule has 0 radical (unpaired) electrons. The van der Waals surface area contributed by atoms with Crippen LogP contribution in [0.2, 0.25) is 0 Å². The lowest BCUT2D eigenvalue weighted by Gasteiger charge is -2.13. The van der Waals surface area contributed by atoms with E-state index in [0.717, 1.165) is 22.3 Å². The van der Waals surface area contributed by atoms with Crippen molar-refractivity contribution < 1.29 is 4.74 Å². The topological polar surface area (TPSA) is 87.7 Å². The predicted molar refractivity (Wildman–Crippen MR) is 108 cm³/mol. The molecule has 0 N–H and O–H groups in total. The first-order valence-electron chi connectivity index (χ1n) is 9.12. The summed E-state index contributed by atoms with van der Waals surface area (Å²) in [5.41, 5.74) is 4.09. The van der Waals surface area contributed by atoms with Crippen LogP contribution in [0.5, 0.6) is 5.75 Å². The van der Waals surface area contributed by atoms with Gasteiger partial charge in [0.05, 0.1) is 5.69 Å². The van der Waals surface area contributed by atoms with E-state index in [2.05, 4.69) is 20.4 Å². The van der Waals surface area contributed by atoms with Crippen molar-refractivity contribution in [1.82, 2.24) is 29.8 Å². The molecule has 0 aliphatic carbocycles. The highest BCUT2D eigenvalue weighted by Gasteiger charge is 2.14. The Hall–Kier alpha value is -3.81. The standard InChI is InChI=1S/C21H20N6O2/c1-14-11-22-20(23-12-14)16-7-5-8-17(10-16)29-13-18-15(2)6-4-9-19(18)27-21(28)26(3)24-25-27/h4-12H,13H2,1-3H3. The lowest BCUT2D eigenvalue weighted by Crippen LogP contribution is -2.23. The van der Waals surface area contributed by atoms with E-state index in [1.807, 2.05) is 56.3 Å². The molecule has 2 heterocycles. The van der Waals surface area contributed by atoms with Crippen LogP contribution in [0.25, 0.3) is 17.1 Å². The fourth-order valence-corrected chi connectivity index (χ4v) is 2.96. The van der Waals surface area contributed by atoms with Gasteiger partial charge in [-0.3, -0.25) is 0 Å². The summed E-state index contributed by atoms with van der Waals surface area (Å²) < 4.78 is 8.51. The van der Waals surface area contributed by atoms with E-state index in [1.165, 1.54) is 9.36 Å². The maximum atomic E-state index is 12.3. The van der Waals surface area contributed by atoms with Gasteiger partial charge < -0.3 is 4.74 Å². The van der Waals surface area contributed by atoms with Crippen LogP contribution in [-0.4, -0.2) is 29.8 Å². The molecule has 0 fully saturated rings. The minimum absolute atomic E-state index is 0.281. The number of aromatic nitrogens is 6. The average molecular weight is 388 g/mol. The van der Waals surface area contributed by atoms with Crippen LogP contribution in [0.1, 0.15) is 16.7 Å². The highest BCUT2D eigenvalue weighted by Crippen LogP contribution is 2.24. The van der Waals surface area contributed by atoms with Crippen LogP contribution >= 0.6 is 0 Å². The van der Waals surface area contributed by atoms with Crippen molar-refractivity contribution in [3.8, 4) is 22.8 Å². The van der Waals surface area contributed by atoms with E-state index in [9.17, 15) is 4.79 Å². The second kappa shape index (κ2) is 7.67. The summed E-state index contributed by atoms with van der Waals surface area (Å²) in [6.07, 6.45) is 3.57. The van der Waals surface area contributed by atoms with Crippen molar-refractivity contribution in [2.24, 2.45) is 7.05 Å². The Kier molecular flexibility index (Phi) is 4.90. The summed E-state index contributed by atoms with van der Waals surface area (Å²) in [5.74, 6) is 1.33. The molecule has 29 heavy (non-hydrogen) atoms. The van der Waals surface area contributed by atoms with Crippen molar-refractivity contribution >= 4 is 0 Å². The first-order valence-corrected chi connectivity index (χ1v) is 9.12. The first-order chi connectivity index (χ1) is 14.0. The molecule has 4 rings (SSSR count). The van der Waals surface area contributed by atoms with Gasteiger partial charge in [-0.1, -0.05) is 24.3 Å². The largest absolute Gasteiger partial charge is 0.489 e. The average Bonchev–Trinajstić information content (AvgIpc) is 3.06. The summed E-state index contributed by atoms with van der Waals surface area (Å²) in [6, 6.07) is 13.3. The summed E-state index contributed by atoms with van der Waals surface area (Å²) >= 11 is 0. The van der Waals surface area contributed by atoms with Gasteiger partial charge >= 0.3 is 5.69 Å². The molecule has 2 aromatic heterocycles. The molecule has 0 atom stereocenters. The van der Waals surface area contributed by atoms with Gasteiger partial charge in [-0.25, -0.2) is 14.8 Å². The molecule has 146 valence electrons. The van der Waals surface area contributed by atoms with Crippen molar-refractivity contribution in [3.05, 3.63) is 82.0 Å². The number of ether oxygens (including phenoxy) is 1. The Labute approximate surface area is 167 Å². The van der Waals surface area contributed by atoms with E-state index in [1.54, 1.807) is 19.4 Å². The van der Waals surface area contributed by atoms with Crippen molar-refractivity contribution in [3.63, 3.8) is 0 Å². The lowest BCUT2D eigenvalue weighted by atomic mass is 10.1. The smallest absolute Gasteiger partial charge is 0.368 e. The number of benzene rings is 2. The Balaban J connectivity index is 1.62. The molecule has 0 aliphatic heterocycles. The Morgan fingerprint density at radius 2 is 1.76 bits per heavy atom. The minimum Gasteiger partial charge on any atom is -0.489 e. The van der Waals surface area contributed by atoms with E-state index in [0.29, 0.717) is 17.3 Å². The molecular formula is C21H20N6O2.